The summed E-state index contributed by atoms with van der Waals surface area (Å²) in [5.41, 5.74) is 7.61. The molecule has 3 N–H and O–H groups in total. The molecule has 0 atom stereocenters. The number of rotatable bonds is 5. The third kappa shape index (κ3) is 4.83. The minimum atomic E-state index is -0.457. The van der Waals surface area contributed by atoms with Gasteiger partial charge in [0.25, 0.3) is 11.8 Å². The molecule has 1 aliphatic rings. The van der Waals surface area contributed by atoms with Crippen molar-refractivity contribution in [1.82, 2.24) is 30.3 Å². The highest BCUT2D eigenvalue weighted by Crippen LogP contribution is 2.31. The maximum atomic E-state index is 12.9. The number of benzene rings is 1. The number of H-pyrrole nitrogens is 1. The van der Waals surface area contributed by atoms with E-state index in [1.54, 1.807) is 35.3 Å². The average Bonchev–Trinajstić information content (AvgIpc) is 3.63. The van der Waals surface area contributed by atoms with Crippen molar-refractivity contribution in [2.75, 3.05) is 13.1 Å². The predicted molar refractivity (Wildman–Crippen MR) is 133 cm³/mol. The first kappa shape index (κ1) is 22.9. The topological polar surface area (TPSA) is 112 Å². The zero-order chi connectivity index (χ0) is 24.4. The Morgan fingerprint density at radius 1 is 1.09 bits per heavy atom. The second kappa shape index (κ2) is 9.75. The number of para-hydroxylation sites is 1. The Labute approximate surface area is 206 Å². The predicted octanol–water partition coefficient (Wildman–Crippen LogP) is 2.99. The number of amides is 3. The van der Waals surface area contributed by atoms with E-state index in [1.807, 2.05) is 35.4 Å². The van der Waals surface area contributed by atoms with Crippen LogP contribution in [0.2, 0.25) is 0 Å². The highest BCUT2D eigenvalue weighted by molar-refractivity contribution is 7.09. The number of hydrogen-bond acceptors (Lipinski definition) is 5. The van der Waals surface area contributed by atoms with Crippen LogP contribution in [-0.2, 0) is 18.3 Å². The molecule has 5 rings (SSSR count). The molecule has 3 amide bonds. The van der Waals surface area contributed by atoms with Gasteiger partial charge in [-0.25, -0.2) is 4.98 Å². The van der Waals surface area contributed by atoms with Crippen molar-refractivity contribution in [1.29, 1.82) is 0 Å². The Morgan fingerprint density at radius 2 is 1.86 bits per heavy atom. The fraction of sp³-hybridized carbons (Fsp3) is 0.280. The molecule has 0 aliphatic carbocycles. The molecule has 1 aromatic carbocycles. The number of piperidine rings is 1. The molecular formula is C25H26N6O3S. The average molecular weight is 491 g/mol. The number of carbonyl (C=O) groups is 3. The van der Waals surface area contributed by atoms with Crippen molar-refractivity contribution in [3.8, 4) is 0 Å². The van der Waals surface area contributed by atoms with Gasteiger partial charge in [-0.1, -0.05) is 18.2 Å². The molecule has 4 heterocycles. The molecule has 1 saturated heterocycles. The van der Waals surface area contributed by atoms with Crippen molar-refractivity contribution in [2.45, 2.75) is 25.2 Å². The smallest absolute Gasteiger partial charge is 0.289 e. The van der Waals surface area contributed by atoms with Gasteiger partial charge in [-0.15, -0.1) is 11.3 Å². The van der Waals surface area contributed by atoms with Crippen molar-refractivity contribution in [3.05, 3.63) is 76.1 Å². The van der Waals surface area contributed by atoms with Gasteiger partial charge < -0.3 is 14.5 Å². The second-order valence-corrected chi connectivity index (χ2v) is 9.56. The number of aromatic nitrogens is 3. The summed E-state index contributed by atoms with van der Waals surface area (Å²) in [6.45, 7) is 1.33. The summed E-state index contributed by atoms with van der Waals surface area (Å²) in [5, 5.41) is 3.67. The largest absolute Gasteiger partial charge is 0.361 e. The van der Waals surface area contributed by atoms with Crippen molar-refractivity contribution >= 4 is 40.0 Å². The molecule has 10 heteroatoms. The molecule has 0 radical (unpaired) electrons. The number of thiazole rings is 1. The zero-order valence-electron chi connectivity index (χ0n) is 19.3. The lowest BCUT2D eigenvalue weighted by atomic mass is 9.97. The number of carbonyl (C=O) groups excluding carboxylic acids is 3. The van der Waals surface area contributed by atoms with E-state index in [2.05, 4.69) is 20.8 Å². The lowest BCUT2D eigenvalue weighted by molar-refractivity contribution is -0.131. The van der Waals surface area contributed by atoms with Gasteiger partial charge in [0.2, 0.25) is 5.91 Å². The van der Waals surface area contributed by atoms with Gasteiger partial charge >= 0.3 is 0 Å². The molecule has 0 bridgehead atoms. The minimum Gasteiger partial charge on any atom is -0.361 e. The summed E-state index contributed by atoms with van der Waals surface area (Å²) in [5.74, 6) is -0.523. The van der Waals surface area contributed by atoms with E-state index in [0.29, 0.717) is 25.2 Å². The Kier molecular flexibility index (Phi) is 6.37. The van der Waals surface area contributed by atoms with E-state index in [-0.39, 0.29) is 17.5 Å². The number of nitrogens with one attached hydrogen (secondary N) is 3. The van der Waals surface area contributed by atoms with Crippen molar-refractivity contribution < 1.29 is 14.4 Å². The van der Waals surface area contributed by atoms with E-state index in [1.165, 1.54) is 11.3 Å². The minimum absolute atomic E-state index is 0.126. The standard InChI is InChI=1S/C25H26N6O3S/c1-30-10-4-7-21(30)24(34)29-28-23(33)20-15-35-25(27-20)16-8-11-31(12-9-16)22(32)13-17-14-26-19-6-3-2-5-18(17)19/h2-7,10,14-16,26H,8-9,11-13H2,1H3,(H,28,33)(H,29,34). The van der Waals surface area contributed by atoms with Crippen LogP contribution in [0.25, 0.3) is 10.9 Å². The fourth-order valence-electron chi connectivity index (χ4n) is 4.45. The number of hydrogen-bond donors (Lipinski definition) is 3. The quantitative estimate of drug-likeness (QED) is 0.373. The van der Waals surface area contributed by atoms with Crippen LogP contribution in [0.15, 0.2) is 54.2 Å². The van der Waals surface area contributed by atoms with Crippen molar-refractivity contribution in [2.24, 2.45) is 7.05 Å². The molecule has 180 valence electrons. The lowest BCUT2D eigenvalue weighted by Crippen LogP contribution is -2.42. The highest BCUT2D eigenvalue weighted by Gasteiger charge is 2.27. The molecule has 4 aromatic rings. The number of likely N-dealkylation sites (tertiary alicyclic amines) is 1. The third-order valence-corrected chi connectivity index (χ3v) is 7.44. The van der Waals surface area contributed by atoms with Gasteiger partial charge in [-0.3, -0.25) is 25.2 Å². The molecule has 0 unspecified atom stereocenters. The highest BCUT2D eigenvalue weighted by atomic mass is 32.1. The van der Waals surface area contributed by atoms with Gasteiger partial charge in [0.15, 0.2) is 0 Å². The Hall–Kier alpha value is -3.92. The first-order valence-electron chi connectivity index (χ1n) is 11.5. The number of hydrazine groups is 1. The Bertz CT molecular complexity index is 1380. The van der Waals surface area contributed by atoms with Crippen LogP contribution in [0.4, 0.5) is 0 Å². The fourth-order valence-corrected chi connectivity index (χ4v) is 5.42. The Balaban J connectivity index is 1.13. The first-order chi connectivity index (χ1) is 17.0. The molecule has 3 aromatic heterocycles. The Morgan fingerprint density at radius 3 is 2.63 bits per heavy atom. The van der Waals surface area contributed by atoms with Gasteiger partial charge in [-0.2, -0.15) is 0 Å². The van der Waals surface area contributed by atoms with Crippen LogP contribution >= 0.6 is 11.3 Å². The maximum Gasteiger partial charge on any atom is 0.289 e. The summed E-state index contributed by atoms with van der Waals surface area (Å²) < 4.78 is 1.67. The van der Waals surface area contributed by atoms with E-state index in [0.717, 1.165) is 34.3 Å². The van der Waals surface area contributed by atoms with Gasteiger partial charge in [0.1, 0.15) is 11.4 Å². The molecule has 9 nitrogen and oxygen atoms in total. The van der Waals surface area contributed by atoms with E-state index < -0.39 is 11.8 Å². The number of nitrogens with zero attached hydrogens (tertiary/aromatic N) is 3. The van der Waals surface area contributed by atoms with Crippen LogP contribution in [0.3, 0.4) is 0 Å². The SMILES string of the molecule is Cn1cccc1C(=O)NNC(=O)c1csc(C2CCN(C(=O)Cc3c[nH]c4ccccc34)CC2)n1. The molecule has 0 spiro atoms. The van der Waals surface area contributed by atoms with Crippen LogP contribution in [0.5, 0.6) is 0 Å². The molecule has 0 saturated carbocycles. The first-order valence-corrected chi connectivity index (χ1v) is 12.4. The van der Waals surface area contributed by atoms with Gasteiger partial charge in [0.05, 0.1) is 11.4 Å². The molecule has 1 aliphatic heterocycles. The summed E-state index contributed by atoms with van der Waals surface area (Å²) in [6, 6.07) is 11.4. The summed E-state index contributed by atoms with van der Waals surface area (Å²) in [4.78, 5) is 47.1. The number of aryl methyl sites for hydroxylation is 1. The van der Waals surface area contributed by atoms with Crippen LogP contribution in [-0.4, -0.2) is 50.2 Å². The number of fused-ring (bicyclic) bond motifs is 1. The summed E-state index contributed by atoms with van der Waals surface area (Å²) in [6.07, 6.45) is 5.66. The van der Waals surface area contributed by atoms with Crippen LogP contribution < -0.4 is 10.9 Å². The van der Waals surface area contributed by atoms with E-state index in [4.69, 9.17) is 0 Å². The number of aromatic amines is 1. The molecule has 1 fully saturated rings. The monoisotopic (exact) mass is 490 g/mol. The summed E-state index contributed by atoms with van der Waals surface area (Å²) >= 11 is 1.44. The molecular weight excluding hydrogens is 464 g/mol. The second-order valence-electron chi connectivity index (χ2n) is 8.67. The normalized spacial score (nSPS) is 14.3. The van der Waals surface area contributed by atoms with E-state index in [9.17, 15) is 14.4 Å². The zero-order valence-corrected chi connectivity index (χ0v) is 20.1. The third-order valence-electron chi connectivity index (χ3n) is 6.43. The van der Waals surface area contributed by atoms with Gasteiger partial charge in [-0.05, 0) is 36.6 Å². The molecule has 35 heavy (non-hydrogen) atoms. The van der Waals surface area contributed by atoms with Crippen molar-refractivity contribution in [3.63, 3.8) is 0 Å². The van der Waals surface area contributed by atoms with Crippen LogP contribution in [0, 0.1) is 0 Å². The van der Waals surface area contributed by atoms with Crippen LogP contribution in [0.1, 0.15) is 50.3 Å². The lowest BCUT2D eigenvalue weighted by Gasteiger charge is -2.31. The maximum absolute atomic E-state index is 12.9. The van der Waals surface area contributed by atoms with Gasteiger partial charge in [0, 0.05) is 54.7 Å². The summed E-state index contributed by atoms with van der Waals surface area (Å²) in [7, 11) is 1.75. The van der Waals surface area contributed by atoms with E-state index >= 15 is 0 Å².